The second-order valence-electron chi connectivity index (χ2n) is 8.98. The fourth-order valence-electron chi connectivity index (χ4n) is 4.60. The van der Waals surface area contributed by atoms with E-state index in [1.165, 1.54) is 6.20 Å². The van der Waals surface area contributed by atoms with Crippen LogP contribution < -0.4 is 5.32 Å². The molecule has 36 heavy (non-hydrogen) atoms. The SMILES string of the molecule is O=C(N[C@@H](C(=O)N1CCN(CCc2ccncc2F)CC1)c1ccccc1)c1ccc2cc[nH]c2c1. The van der Waals surface area contributed by atoms with Crippen molar-refractivity contribution in [3.63, 3.8) is 0 Å². The highest BCUT2D eigenvalue weighted by atomic mass is 19.1. The second kappa shape index (κ2) is 10.7. The van der Waals surface area contributed by atoms with E-state index in [9.17, 15) is 14.0 Å². The highest BCUT2D eigenvalue weighted by molar-refractivity contribution is 6.00. The van der Waals surface area contributed by atoms with Crippen molar-refractivity contribution in [1.29, 1.82) is 0 Å². The van der Waals surface area contributed by atoms with Crippen LogP contribution in [0, 0.1) is 5.82 Å². The van der Waals surface area contributed by atoms with Crippen molar-refractivity contribution < 1.29 is 14.0 Å². The molecule has 0 bridgehead atoms. The predicted octanol–water partition coefficient (Wildman–Crippen LogP) is 3.56. The van der Waals surface area contributed by atoms with Gasteiger partial charge in [0.2, 0.25) is 5.91 Å². The maximum absolute atomic E-state index is 13.9. The number of aromatic nitrogens is 2. The molecule has 184 valence electrons. The minimum absolute atomic E-state index is 0.129. The van der Waals surface area contributed by atoms with Gasteiger partial charge in [0, 0.05) is 56.2 Å². The Kier molecular flexibility index (Phi) is 7.04. The van der Waals surface area contributed by atoms with E-state index in [-0.39, 0.29) is 17.6 Å². The van der Waals surface area contributed by atoms with Crippen molar-refractivity contribution in [3.8, 4) is 0 Å². The van der Waals surface area contributed by atoms with Crippen molar-refractivity contribution in [3.05, 3.63) is 102 Å². The first-order valence-corrected chi connectivity index (χ1v) is 12.1. The normalized spacial score (nSPS) is 15.1. The summed E-state index contributed by atoms with van der Waals surface area (Å²) in [6, 6.07) is 17.6. The molecule has 2 amide bonds. The van der Waals surface area contributed by atoms with Crippen LogP contribution in [0.2, 0.25) is 0 Å². The van der Waals surface area contributed by atoms with Gasteiger partial charge in [-0.25, -0.2) is 4.39 Å². The summed E-state index contributed by atoms with van der Waals surface area (Å²) in [7, 11) is 0. The van der Waals surface area contributed by atoms with Crippen LogP contribution in [0.5, 0.6) is 0 Å². The van der Waals surface area contributed by atoms with E-state index in [0.717, 1.165) is 16.5 Å². The lowest BCUT2D eigenvalue weighted by Gasteiger charge is -2.36. The summed E-state index contributed by atoms with van der Waals surface area (Å²) in [5, 5.41) is 3.98. The monoisotopic (exact) mass is 485 g/mol. The quantitative estimate of drug-likeness (QED) is 0.420. The number of carbonyl (C=O) groups excluding carboxylic acids is 2. The van der Waals surface area contributed by atoms with Crippen molar-refractivity contribution in [2.75, 3.05) is 32.7 Å². The molecule has 1 saturated heterocycles. The fourth-order valence-corrected chi connectivity index (χ4v) is 4.60. The molecule has 4 aromatic rings. The molecule has 0 aliphatic carbocycles. The lowest BCUT2D eigenvalue weighted by Crippen LogP contribution is -2.52. The molecule has 0 saturated carbocycles. The van der Waals surface area contributed by atoms with Gasteiger partial charge in [-0.1, -0.05) is 36.4 Å². The number of benzene rings is 2. The van der Waals surface area contributed by atoms with Crippen LogP contribution in [-0.2, 0) is 11.2 Å². The number of nitrogens with zero attached hydrogens (tertiary/aromatic N) is 3. The van der Waals surface area contributed by atoms with Gasteiger partial charge in [0.25, 0.3) is 5.91 Å². The summed E-state index contributed by atoms with van der Waals surface area (Å²) in [5.74, 6) is -0.717. The van der Waals surface area contributed by atoms with Crippen molar-refractivity contribution in [2.45, 2.75) is 12.5 Å². The molecule has 0 spiro atoms. The molecule has 8 heteroatoms. The predicted molar refractivity (Wildman–Crippen MR) is 136 cm³/mol. The van der Waals surface area contributed by atoms with Gasteiger partial charge in [0.05, 0.1) is 6.20 Å². The largest absolute Gasteiger partial charge is 0.361 e. The van der Waals surface area contributed by atoms with Gasteiger partial charge in [-0.15, -0.1) is 0 Å². The summed E-state index contributed by atoms with van der Waals surface area (Å²) >= 11 is 0. The van der Waals surface area contributed by atoms with Crippen LogP contribution >= 0.6 is 0 Å². The third-order valence-corrected chi connectivity index (χ3v) is 6.71. The van der Waals surface area contributed by atoms with Crippen molar-refractivity contribution in [2.24, 2.45) is 0 Å². The zero-order chi connectivity index (χ0) is 24.9. The van der Waals surface area contributed by atoms with E-state index in [1.54, 1.807) is 29.3 Å². The molecule has 1 fully saturated rings. The van der Waals surface area contributed by atoms with Gasteiger partial charge < -0.3 is 15.2 Å². The molecule has 5 rings (SSSR count). The first-order chi connectivity index (χ1) is 17.6. The van der Waals surface area contributed by atoms with E-state index in [1.807, 2.05) is 48.7 Å². The average molecular weight is 486 g/mol. The number of nitrogens with one attached hydrogen (secondary N) is 2. The van der Waals surface area contributed by atoms with Crippen molar-refractivity contribution >= 4 is 22.7 Å². The number of amides is 2. The number of piperazine rings is 1. The molecule has 2 aromatic heterocycles. The van der Waals surface area contributed by atoms with Crippen LogP contribution in [0.3, 0.4) is 0 Å². The first kappa shape index (κ1) is 23.7. The first-order valence-electron chi connectivity index (χ1n) is 12.1. The summed E-state index contributed by atoms with van der Waals surface area (Å²) in [6.45, 7) is 3.19. The summed E-state index contributed by atoms with van der Waals surface area (Å²) in [6.07, 6.45) is 5.26. The molecule has 2 N–H and O–H groups in total. The van der Waals surface area contributed by atoms with Crippen LogP contribution in [-0.4, -0.2) is 64.3 Å². The molecular formula is C28H28FN5O2. The number of pyridine rings is 1. The highest BCUT2D eigenvalue weighted by Crippen LogP contribution is 2.20. The molecule has 1 atom stereocenters. The summed E-state index contributed by atoms with van der Waals surface area (Å²) < 4.78 is 13.9. The number of fused-ring (bicyclic) bond motifs is 1. The average Bonchev–Trinajstić information content (AvgIpc) is 3.40. The third kappa shape index (κ3) is 5.28. The van der Waals surface area contributed by atoms with Crippen LogP contribution in [0.1, 0.15) is 27.5 Å². The zero-order valence-corrected chi connectivity index (χ0v) is 19.9. The molecule has 0 unspecified atom stereocenters. The number of halogens is 1. The van der Waals surface area contributed by atoms with E-state index in [0.29, 0.717) is 50.3 Å². The minimum atomic E-state index is -0.782. The smallest absolute Gasteiger partial charge is 0.252 e. The van der Waals surface area contributed by atoms with Crippen molar-refractivity contribution in [1.82, 2.24) is 25.1 Å². The summed E-state index contributed by atoms with van der Waals surface area (Å²) in [5.41, 5.74) is 2.75. The van der Waals surface area contributed by atoms with Crippen LogP contribution in [0.15, 0.2) is 79.3 Å². The van der Waals surface area contributed by atoms with E-state index >= 15 is 0 Å². The van der Waals surface area contributed by atoms with Gasteiger partial charge in [-0.2, -0.15) is 0 Å². The molecule has 0 radical (unpaired) electrons. The number of aromatic amines is 1. The van der Waals surface area contributed by atoms with Gasteiger partial charge in [-0.05, 0) is 47.2 Å². The Morgan fingerprint density at radius 3 is 2.61 bits per heavy atom. The topological polar surface area (TPSA) is 81.3 Å². The van der Waals surface area contributed by atoms with E-state index in [4.69, 9.17) is 0 Å². The Morgan fingerprint density at radius 1 is 1.03 bits per heavy atom. The lowest BCUT2D eigenvalue weighted by atomic mass is 10.0. The Balaban J connectivity index is 1.24. The Hall–Kier alpha value is -4.04. The number of hydrogen-bond acceptors (Lipinski definition) is 4. The minimum Gasteiger partial charge on any atom is -0.361 e. The third-order valence-electron chi connectivity index (χ3n) is 6.71. The van der Waals surface area contributed by atoms with Gasteiger partial charge >= 0.3 is 0 Å². The van der Waals surface area contributed by atoms with Gasteiger partial charge in [-0.3, -0.25) is 19.5 Å². The number of hydrogen-bond donors (Lipinski definition) is 2. The molecule has 3 heterocycles. The molecule has 2 aromatic carbocycles. The standard InChI is InChI=1S/C28H28FN5O2/c29-24-19-30-11-8-20(24)10-13-33-14-16-34(17-15-33)28(36)26(22-4-2-1-3-5-22)32-27(35)23-7-6-21-9-12-31-25(21)18-23/h1-9,11-12,18-19,26,31H,10,13-17H2,(H,32,35)/t26-/m1/s1. The van der Waals surface area contributed by atoms with Gasteiger partial charge in [0.1, 0.15) is 11.9 Å². The molecule has 1 aliphatic heterocycles. The Labute approximate surface area is 208 Å². The maximum atomic E-state index is 13.9. The number of carbonyl (C=O) groups is 2. The second-order valence-corrected chi connectivity index (χ2v) is 8.98. The zero-order valence-electron chi connectivity index (χ0n) is 19.9. The molecule has 7 nitrogen and oxygen atoms in total. The van der Waals surface area contributed by atoms with Gasteiger partial charge in [0.15, 0.2) is 0 Å². The lowest BCUT2D eigenvalue weighted by molar-refractivity contribution is -0.135. The van der Waals surface area contributed by atoms with Crippen LogP contribution in [0.4, 0.5) is 4.39 Å². The maximum Gasteiger partial charge on any atom is 0.252 e. The highest BCUT2D eigenvalue weighted by Gasteiger charge is 2.30. The van der Waals surface area contributed by atoms with Crippen LogP contribution in [0.25, 0.3) is 10.9 Å². The number of rotatable bonds is 7. The Morgan fingerprint density at radius 2 is 1.83 bits per heavy atom. The number of H-pyrrole nitrogens is 1. The summed E-state index contributed by atoms with van der Waals surface area (Å²) in [4.78, 5) is 37.7. The fraction of sp³-hybridized carbons (Fsp3) is 0.250. The Bertz CT molecular complexity index is 1350. The van der Waals surface area contributed by atoms with E-state index < -0.39 is 6.04 Å². The van der Waals surface area contributed by atoms with E-state index in [2.05, 4.69) is 20.2 Å². The molecule has 1 aliphatic rings. The molecular weight excluding hydrogens is 457 g/mol.